The second-order valence-electron chi connectivity index (χ2n) is 7.28. The van der Waals surface area contributed by atoms with Gasteiger partial charge in [-0.1, -0.05) is 48.0 Å². The fourth-order valence-electron chi connectivity index (χ4n) is 4.24. The molecule has 5 heteroatoms. The van der Waals surface area contributed by atoms with Crippen LogP contribution in [0, 0.1) is 5.82 Å². The lowest BCUT2D eigenvalue weighted by molar-refractivity contribution is 0.0692. The van der Waals surface area contributed by atoms with Crippen molar-refractivity contribution in [2.45, 2.75) is 12.5 Å². The Labute approximate surface area is 172 Å². The lowest BCUT2D eigenvalue weighted by Crippen LogP contribution is -2.40. The number of benzene rings is 3. The van der Waals surface area contributed by atoms with Crippen LogP contribution in [-0.4, -0.2) is 22.3 Å². The molecule has 144 valence electrons. The number of nitrogens with one attached hydrogen (secondary N) is 1. The summed E-state index contributed by atoms with van der Waals surface area (Å²) in [7, 11) is 0. The van der Waals surface area contributed by atoms with Gasteiger partial charge in [0.15, 0.2) is 0 Å². The van der Waals surface area contributed by atoms with E-state index < -0.39 is 0 Å². The number of fused-ring (bicyclic) bond motifs is 3. The number of nitrogens with zero attached hydrogens (tertiary/aromatic N) is 1. The molecule has 0 radical (unpaired) electrons. The van der Waals surface area contributed by atoms with Gasteiger partial charge in [0, 0.05) is 33.7 Å². The molecule has 3 aromatic carbocycles. The van der Waals surface area contributed by atoms with E-state index in [0.29, 0.717) is 17.1 Å². The van der Waals surface area contributed by atoms with Crippen LogP contribution in [0.25, 0.3) is 10.9 Å². The zero-order valence-corrected chi connectivity index (χ0v) is 16.3. The van der Waals surface area contributed by atoms with Crippen LogP contribution in [0.4, 0.5) is 4.39 Å². The van der Waals surface area contributed by atoms with E-state index in [4.69, 9.17) is 11.6 Å². The number of hydrogen-bond acceptors (Lipinski definition) is 1. The second kappa shape index (κ2) is 7.05. The van der Waals surface area contributed by atoms with Crippen molar-refractivity contribution in [3.8, 4) is 0 Å². The van der Waals surface area contributed by atoms with Gasteiger partial charge in [-0.2, -0.15) is 0 Å². The minimum atomic E-state index is -0.321. The van der Waals surface area contributed by atoms with Crippen molar-refractivity contribution in [2.24, 2.45) is 0 Å². The van der Waals surface area contributed by atoms with Crippen LogP contribution in [0.2, 0.25) is 5.02 Å². The lowest BCUT2D eigenvalue weighted by Gasteiger charge is -2.36. The molecule has 0 fully saturated rings. The van der Waals surface area contributed by atoms with Gasteiger partial charge in [-0.25, -0.2) is 4.39 Å². The number of carbonyl (C=O) groups excluding carboxylic acids is 1. The van der Waals surface area contributed by atoms with E-state index in [9.17, 15) is 9.18 Å². The van der Waals surface area contributed by atoms with Gasteiger partial charge < -0.3 is 9.88 Å². The number of para-hydroxylation sites is 1. The average Bonchev–Trinajstić information content (AvgIpc) is 3.12. The number of H-pyrrole nitrogens is 1. The van der Waals surface area contributed by atoms with Gasteiger partial charge >= 0.3 is 0 Å². The van der Waals surface area contributed by atoms with Gasteiger partial charge in [-0.05, 0) is 53.9 Å². The molecule has 3 nitrogen and oxygen atoms in total. The van der Waals surface area contributed by atoms with Crippen LogP contribution in [0.15, 0.2) is 72.8 Å². The summed E-state index contributed by atoms with van der Waals surface area (Å²) in [6.45, 7) is 0.572. The quantitative estimate of drug-likeness (QED) is 0.453. The highest BCUT2D eigenvalue weighted by Gasteiger charge is 2.35. The first-order valence-electron chi connectivity index (χ1n) is 9.53. The van der Waals surface area contributed by atoms with E-state index in [-0.39, 0.29) is 17.8 Å². The smallest absolute Gasteiger partial charge is 0.254 e. The summed E-state index contributed by atoms with van der Waals surface area (Å²) in [5, 5.41) is 1.70. The molecule has 1 N–H and O–H groups in total. The van der Waals surface area contributed by atoms with Crippen molar-refractivity contribution in [3.63, 3.8) is 0 Å². The monoisotopic (exact) mass is 404 g/mol. The molecule has 1 aromatic heterocycles. The molecule has 0 saturated heterocycles. The van der Waals surface area contributed by atoms with E-state index in [1.165, 1.54) is 23.1 Å². The first-order valence-corrected chi connectivity index (χ1v) is 9.91. The lowest BCUT2D eigenvalue weighted by atomic mass is 9.91. The van der Waals surface area contributed by atoms with Gasteiger partial charge in [0.05, 0.1) is 6.04 Å². The van der Waals surface area contributed by atoms with Crippen LogP contribution >= 0.6 is 11.6 Å². The molecule has 1 atom stereocenters. The first kappa shape index (κ1) is 18.0. The van der Waals surface area contributed by atoms with E-state index in [0.717, 1.165) is 23.2 Å². The zero-order chi connectivity index (χ0) is 20.0. The Balaban J connectivity index is 1.66. The van der Waals surface area contributed by atoms with Gasteiger partial charge in [-0.15, -0.1) is 0 Å². The highest BCUT2D eigenvalue weighted by molar-refractivity contribution is 6.31. The zero-order valence-electron chi connectivity index (χ0n) is 15.5. The molecule has 0 aliphatic carbocycles. The number of rotatable bonds is 2. The molecule has 0 unspecified atom stereocenters. The van der Waals surface area contributed by atoms with E-state index in [1.54, 1.807) is 36.4 Å². The summed E-state index contributed by atoms with van der Waals surface area (Å²) in [5.41, 5.74) is 4.66. The molecule has 5 rings (SSSR count). The van der Waals surface area contributed by atoms with Crippen molar-refractivity contribution in [1.82, 2.24) is 9.88 Å². The molecule has 0 spiro atoms. The Kier molecular flexibility index (Phi) is 4.36. The van der Waals surface area contributed by atoms with Crippen LogP contribution in [0.5, 0.6) is 0 Å². The molecule has 1 amide bonds. The minimum absolute atomic E-state index is 0.0915. The Bertz CT molecular complexity index is 1220. The fourth-order valence-corrected chi connectivity index (χ4v) is 4.43. The molecule has 4 aromatic rings. The van der Waals surface area contributed by atoms with Gasteiger partial charge in [-0.3, -0.25) is 4.79 Å². The molecule has 1 aliphatic heterocycles. The summed E-state index contributed by atoms with van der Waals surface area (Å²) in [4.78, 5) is 18.8. The summed E-state index contributed by atoms with van der Waals surface area (Å²) in [5.74, 6) is -0.389. The van der Waals surface area contributed by atoms with Gasteiger partial charge in [0.1, 0.15) is 5.82 Å². The van der Waals surface area contributed by atoms with Crippen molar-refractivity contribution in [3.05, 3.63) is 106 Å². The van der Waals surface area contributed by atoms with Crippen molar-refractivity contribution in [1.29, 1.82) is 0 Å². The standard InChI is InChI=1S/C24H18ClFN2O/c25-17-5-3-4-16(14-17)24(29)28-13-12-20-19-6-1-2-7-21(19)27-22(20)23(28)15-8-10-18(26)11-9-15/h1-11,14,23,27H,12-13H2/t23-/m0/s1. The predicted octanol–water partition coefficient (Wildman–Crippen LogP) is 5.75. The molecule has 2 heterocycles. The second-order valence-corrected chi connectivity index (χ2v) is 7.71. The number of amides is 1. The third kappa shape index (κ3) is 3.10. The van der Waals surface area contributed by atoms with Gasteiger partial charge in [0.25, 0.3) is 5.91 Å². The summed E-state index contributed by atoms with van der Waals surface area (Å²) < 4.78 is 13.6. The van der Waals surface area contributed by atoms with Crippen LogP contribution < -0.4 is 0 Å². The number of carbonyl (C=O) groups is 1. The third-order valence-corrected chi connectivity index (χ3v) is 5.79. The molecule has 29 heavy (non-hydrogen) atoms. The predicted molar refractivity (Wildman–Crippen MR) is 113 cm³/mol. The topological polar surface area (TPSA) is 36.1 Å². The third-order valence-electron chi connectivity index (χ3n) is 5.55. The molecule has 0 saturated carbocycles. The normalized spacial score (nSPS) is 16.1. The fraction of sp³-hybridized carbons (Fsp3) is 0.125. The van der Waals surface area contributed by atoms with Crippen LogP contribution in [0.1, 0.15) is 33.2 Å². The first-order chi connectivity index (χ1) is 14.1. The Morgan fingerprint density at radius 3 is 2.62 bits per heavy atom. The minimum Gasteiger partial charge on any atom is -0.356 e. The highest BCUT2D eigenvalue weighted by Crippen LogP contribution is 2.39. The average molecular weight is 405 g/mol. The number of halogens is 2. The summed E-state index contributed by atoms with van der Waals surface area (Å²) >= 11 is 6.11. The van der Waals surface area contributed by atoms with E-state index in [1.807, 2.05) is 23.1 Å². The molecule has 0 bridgehead atoms. The number of hydrogen-bond donors (Lipinski definition) is 1. The number of aromatic amines is 1. The maximum absolute atomic E-state index is 13.6. The maximum Gasteiger partial charge on any atom is 0.254 e. The van der Waals surface area contributed by atoms with Gasteiger partial charge in [0.2, 0.25) is 0 Å². The summed E-state index contributed by atoms with van der Waals surface area (Å²) in [6.07, 6.45) is 0.753. The molecular weight excluding hydrogens is 387 g/mol. The van der Waals surface area contributed by atoms with Crippen molar-refractivity contribution in [2.75, 3.05) is 6.54 Å². The van der Waals surface area contributed by atoms with Crippen molar-refractivity contribution >= 4 is 28.4 Å². The Morgan fingerprint density at radius 2 is 1.83 bits per heavy atom. The van der Waals surface area contributed by atoms with E-state index in [2.05, 4.69) is 11.1 Å². The molecular formula is C24H18ClFN2O. The van der Waals surface area contributed by atoms with Crippen molar-refractivity contribution < 1.29 is 9.18 Å². The van der Waals surface area contributed by atoms with E-state index >= 15 is 0 Å². The SMILES string of the molecule is O=C(c1cccc(Cl)c1)N1CCc2c([nH]c3ccccc23)[C@@H]1c1ccc(F)cc1. The highest BCUT2D eigenvalue weighted by atomic mass is 35.5. The maximum atomic E-state index is 13.6. The number of aromatic nitrogens is 1. The van der Waals surface area contributed by atoms with Crippen LogP contribution in [-0.2, 0) is 6.42 Å². The Hall–Kier alpha value is -3.11. The molecule has 1 aliphatic rings. The Morgan fingerprint density at radius 1 is 1.03 bits per heavy atom. The summed E-state index contributed by atoms with van der Waals surface area (Å²) in [6, 6.07) is 21.2. The van der Waals surface area contributed by atoms with Crippen LogP contribution in [0.3, 0.4) is 0 Å². The largest absolute Gasteiger partial charge is 0.356 e.